The Labute approximate surface area is 211 Å². The maximum Gasteiger partial charge on any atom is 0.419 e. The second-order valence-corrected chi connectivity index (χ2v) is 8.57. The topological polar surface area (TPSA) is 93.7 Å². The minimum Gasteiger partial charge on any atom is -0.490 e. The van der Waals surface area contributed by atoms with Gasteiger partial charge in [-0.05, 0) is 75.1 Å². The van der Waals surface area contributed by atoms with Crippen LogP contribution in [0.4, 0.5) is 17.6 Å². The van der Waals surface area contributed by atoms with Crippen molar-refractivity contribution in [2.75, 3.05) is 19.7 Å². The lowest BCUT2D eigenvalue weighted by molar-refractivity contribution is -0.149. The molecule has 0 aromatic heterocycles. The number of alkyl halides is 3. The molecule has 3 rings (SSSR count). The fourth-order valence-corrected chi connectivity index (χ4v) is 3.99. The van der Waals surface area contributed by atoms with Crippen LogP contribution in [0.3, 0.4) is 0 Å². The number of amides is 2. The van der Waals surface area contributed by atoms with Crippen molar-refractivity contribution in [2.24, 2.45) is 5.92 Å². The second kappa shape index (κ2) is 12.6. The molecule has 2 aromatic rings. The Morgan fingerprint density at radius 3 is 2.03 bits per heavy atom. The summed E-state index contributed by atoms with van der Waals surface area (Å²) in [4.78, 5) is 36.3. The van der Waals surface area contributed by atoms with Crippen LogP contribution in [0.1, 0.15) is 58.9 Å². The fraction of sp³-hybridized carbons (Fsp3) is 0.423. The number of halogens is 4. The molecule has 1 aliphatic rings. The maximum absolute atomic E-state index is 13.4. The predicted octanol–water partition coefficient (Wildman–Crippen LogP) is 4.51. The van der Waals surface area contributed by atoms with Crippen molar-refractivity contribution in [1.82, 2.24) is 10.6 Å². The summed E-state index contributed by atoms with van der Waals surface area (Å²) >= 11 is 0. The average Bonchev–Trinajstić information content (AvgIpc) is 2.87. The van der Waals surface area contributed by atoms with Gasteiger partial charge in [-0.3, -0.25) is 14.4 Å². The van der Waals surface area contributed by atoms with Crippen LogP contribution in [0.2, 0.25) is 0 Å². The van der Waals surface area contributed by atoms with Gasteiger partial charge in [0.2, 0.25) is 0 Å². The van der Waals surface area contributed by atoms with Crippen LogP contribution in [0, 0.1) is 11.7 Å². The number of nitrogens with one attached hydrogen (secondary N) is 2. The highest BCUT2D eigenvalue weighted by Gasteiger charge is 2.34. The quantitative estimate of drug-likeness (QED) is 0.286. The minimum absolute atomic E-state index is 0.0257. The van der Waals surface area contributed by atoms with Crippen molar-refractivity contribution in [3.63, 3.8) is 0 Å². The summed E-state index contributed by atoms with van der Waals surface area (Å²) in [6.07, 6.45) is -2.09. The van der Waals surface area contributed by atoms with Gasteiger partial charge in [0.1, 0.15) is 11.6 Å². The first-order chi connectivity index (χ1) is 17.6. The molecule has 1 fully saturated rings. The molecule has 0 heterocycles. The number of esters is 1. The summed E-state index contributed by atoms with van der Waals surface area (Å²) in [6, 6.07) is 8.49. The third kappa shape index (κ3) is 7.93. The van der Waals surface area contributed by atoms with E-state index in [9.17, 15) is 31.9 Å². The number of carbonyl (C=O) groups is 3. The highest BCUT2D eigenvalue weighted by Crippen LogP contribution is 2.32. The van der Waals surface area contributed by atoms with E-state index < -0.39 is 29.4 Å². The molecule has 11 heteroatoms. The first-order valence-electron chi connectivity index (χ1n) is 11.9. The van der Waals surface area contributed by atoms with Crippen LogP contribution in [0.15, 0.2) is 42.5 Å². The molecule has 7 nitrogen and oxygen atoms in total. The lowest BCUT2D eigenvalue weighted by atomic mass is 9.87. The Morgan fingerprint density at radius 1 is 0.892 bits per heavy atom. The van der Waals surface area contributed by atoms with Crippen molar-refractivity contribution in [3.8, 4) is 5.75 Å². The number of hydrogen-bond acceptors (Lipinski definition) is 5. The van der Waals surface area contributed by atoms with Crippen LogP contribution in [-0.4, -0.2) is 43.6 Å². The van der Waals surface area contributed by atoms with Crippen molar-refractivity contribution >= 4 is 17.8 Å². The fourth-order valence-electron chi connectivity index (χ4n) is 3.99. The number of ether oxygens (including phenoxy) is 2. The maximum atomic E-state index is 13.4. The summed E-state index contributed by atoms with van der Waals surface area (Å²) in [5.41, 5.74) is -1.51. The van der Waals surface area contributed by atoms with Gasteiger partial charge in [-0.15, -0.1) is 0 Å². The monoisotopic (exact) mass is 524 g/mol. The van der Waals surface area contributed by atoms with E-state index in [2.05, 4.69) is 10.6 Å². The smallest absolute Gasteiger partial charge is 0.419 e. The molecule has 0 aliphatic heterocycles. The third-order valence-electron chi connectivity index (χ3n) is 5.94. The molecule has 0 bridgehead atoms. The molecule has 200 valence electrons. The molecule has 2 amide bonds. The van der Waals surface area contributed by atoms with Crippen molar-refractivity contribution in [1.29, 1.82) is 0 Å². The molecule has 0 spiro atoms. The molecule has 2 N–H and O–H groups in total. The Bertz CT molecular complexity index is 1100. The van der Waals surface area contributed by atoms with Gasteiger partial charge in [0.25, 0.3) is 11.8 Å². The molecular formula is C26H28F4N2O5. The highest BCUT2D eigenvalue weighted by atomic mass is 19.4. The third-order valence-corrected chi connectivity index (χ3v) is 5.94. The molecule has 0 atom stereocenters. The average molecular weight is 525 g/mol. The molecule has 0 unspecified atom stereocenters. The van der Waals surface area contributed by atoms with Crippen LogP contribution >= 0.6 is 0 Å². The van der Waals surface area contributed by atoms with Gasteiger partial charge < -0.3 is 20.1 Å². The number of carbonyl (C=O) groups excluding carboxylic acids is 3. The van der Waals surface area contributed by atoms with E-state index in [1.54, 1.807) is 31.2 Å². The first kappa shape index (κ1) is 27.9. The number of benzene rings is 2. The van der Waals surface area contributed by atoms with Gasteiger partial charge in [-0.2, -0.15) is 13.2 Å². The zero-order chi connectivity index (χ0) is 27.0. The van der Waals surface area contributed by atoms with E-state index in [4.69, 9.17) is 9.47 Å². The minimum atomic E-state index is -4.92. The molecule has 37 heavy (non-hydrogen) atoms. The SMILES string of the molecule is CCOC(=O)C1CCC(Oc2ccc(C(=O)NCCNC(=O)c3ccc(F)c(C(F)(F)F)c3)cc2)CC1. The van der Waals surface area contributed by atoms with Gasteiger partial charge in [0.15, 0.2) is 0 Å². The summed E-state index contributed by atoms with van der Waals surface area (Å²) in [7, 11) is 0. The normalized spacial score (nSPS) is 17.5. The molecule has 1 saturated carbocycles. The molecule has 0 saturated heterocycles. The zero-order valence-electron chi connectivity index (χ0n) is 20.2. The van der Waals surface area contributed by atoms with Gasteiger partial charge in [-0.1, -0.05) is 0 Å². The van der Waals surface area contributed by atoms with E-state index in [0.29, 0.717) is 42.9 Å². The highest BCUT2D eigenvalue weighted by molar-refractivity contribution is 5.95. The zero-order valence-corrected chi connectivity index (χ0v) is 20.2. The summed E-state index contributed by atoms with van der Waals surface area (Å²) in [5.74, 6) is -2.35. The van der Waals surface area contributed by atoms with Gasteiger partial charge in [0.05, 0.1) is 24.2 Å². The van der Waals surface area contributed by atoms with Crippen molar-refractivity contribution < 1.29 is 41.4 Å². The Balaban J connectivity index is 1.41. The molecule has 0 radical (unpaired) electrons. The summed E-state index contributed by atoms with van der Waals surface area (Å²) in [6.45, 7) is 2.13. The molecule has 1 aliphatic carbocycles. The van der Waals surface area contributed by atoms with E-state index in [-0.39, 0.29) is 36.6 Å². The second-order valence-electron chi connectivity index (χ2n) is 8.57. The van der Waals surface area contributed by atoms with Crippen LogP contribution < -0.4 is 15.4 Å². The van der Waals surface area contributed by atoms with Gasteiger partial charge in [0, 0.05) is 24.2 Å². The Hall–Kier alpha value is -3.63. The lowest BCUT2D eigenvalue weighted by Crippen LogP contribution is -2.34. The predicted molar refractivity (Wildman–Crippen MR) is 126 cm³/mol. The number of rotatable bonds is 9. The van der Waals surface area contributed by atoms with Crippen LogP contribution in [0.25, 0.3) is 0 Å². The van der Waals surface area contributed by atoms with E-state index in [0.717, 1.165) is 18.9 Å². The molecule has 2 aromatic carbocycles. The summed E-state index contributed by atoms with van der Waals surface area (Å²) in [5, 5.41) is 4.98. The van der Waals surface area contributed by atoms with E-state index >= 15 is 0 Å². The summed E-state index contributed by atoms with van der Waals surface area (Å²) < 4.78 is 62.8. The Kier molecular flexibility index (Phi) is 9.48. The first-order valence-corrected chi connectivity index (χ1v) is 11.9. The standard InChI is InChI=1S/C26H28F4N2O5/c1-2-36-25(35)17-5-10-20(11-6-17)37-19-8-3-16(4-9-19)23(33)31-13-14-32-24(34)18-7-12-22(27)21(15-18)26(28,29)30/h3-4,7-9,12,15,17,20H,2,5-6,10-11,13-14H2,1H3,(H,31,33)(H,32,34). The Morgan fingerprint density at radius 2 is 1.46 bits per heavy atom. The van der Waals surface area contributed by atoms with E-state index in [1.165, 1.54) is 0 Å². The van der Waals surface area contributed by atoms with Gasteiger partial charge in [-0.25, -0.2) is 4.39 Å². The van der Waals surface area contributed by atoms with E-state index in [1.807, 2.05) is 0 Å². The number of hydrogen-bond donors (Lipinski definition) is 2. The van der Waals surface area contributed by atoms with Crippen molar-refractivity contribution in [2.45, 2.75) is 44.9 Å². The largest absolute Gasteiger partial charge is 0.490 e. The van der Waals surface area contributed by atoms with Crippen LogP contribution in [0.5, 0.6) is 5.75 Å². The van der Waals surface area contributed by atoms with Gasteiger partial charge >= 0.3 is 12.1 Å². The molecular weight excluding hydrogens is 496 g/mol. The van der Waals surface area contributed by atoms with Crippen molar-refractivity contribution in [3.05, 3.63) is 65.0 Å². The lowest BCUT2D eigenvalue weighted by Gasteiger charge is -2.27. The van der Waals surface area contributed by atoms with Crippen LogP contribution in [-0.2, 0) is 15.7 Å².